The third-order valence-electron chi connectivity index (χ3n) is 12.0. The molecule has 13 rings (SSSR count). The molecule has 13 aromatic rings. The molecule has 0 saturated carbocycles. The quantitative estimate of drug-likeness (QED) is 0.174. The van der Waals surface area contributed by atoms with Crippen molar-refractivity contribution < 1.29 is 4.42 Å². The molecule has 9 aromatic carbocycles. The molecule has 0 fully saturated rings. The molecule has 0 saturated heterocycles. The van der Waals surface area contributed by atoms with E-state index in [4.69, 9.17) is 19.4 Å². The van der Waals surface area contributed by atoms with E-state index in [1.165, 1.54) is 52.8 Å². The van der Waals surface area contributed by atoms with Gasteiger partial charge in [-0.05, 0) is 59.3 Å². The minimum atomic E-state index is 0.582. The van der Waals surface area contributed by atoms with Crippen LogP contribution in [0.4, 0.5) is 0 Å². The monoisotopic (exact) mass is 796 g/mol. The number of nitrogens with zero attached hydrogens (tertiary/aromatic N) is 4. The van der Waals surface area contributed by atoms with Crippen molar-refractivity contribution in [3.63, 3.8) is 0 Å². The van der Waals surface area contributed by atoms with E-state index >= 15 is 0 Å². The van der Waals surface area contributed by atoms with Gasteiger partial charge in [-0.2, -0.15) is 0 Å². The zero-order valence-electron chi connectivity index (χ0n) is 32.6. The van der Waals surface area contributed by atoms with Gasteiger partial charge in [-0.15, -0.1) is 11.3 Å². The number of aromatic nitrogens is 4. The Morgan fingerprint density at radius 3 is 1.87 bits per heavy atom. The van der Waals surface area contributed by atoms with E-state index in [1.54, 1.807) is 0 Å². The van der Waals surface area contributed by atoms with Crippen LogP contribution < -0.4 is 0 Å². The molecule has 4 heterocycles. The number of hydrogen-bond acceptors (Lipinski definition) is 5. The third-order valence-corrected chi connectivity index (χ3v) is 13.2. The average molecular weight is 797 g/mol. The van der Waals surface area contributed by atoms with E-state index in [2.05, 4.69) is 144 Å². The largest absolute Gasteiger partial charge is 0.456 e. The van der Waals surface area contributed by atoms with Crippen molar-refractivity contribution in [2.45, 2.75) is 0 Å². The van der Waals surface area contributed by atoms with E-state index < -0.39 is 0 Å². The number of fused-ring (bicyclic) bond motifs is 10. The summed E-state index contributed by atoms with van der Waals surface area (Å²) in [6, 6.07) is 68.7. The van der Waals surface area contributed by atoms with Crippen LogP contribution in [0.2, 0.25) is 0 Å². The standard InChI is InChI=1S/C55H32N4OS/c1-2-13-33(14-3-1)53-56-54(58-55(57-53)37-27-28-40-39-19-6-8-25-48(39)60-49(40)32-37)36-17-10-18-38(29-36)59-47-31-35-16-5-4-15-34(35)30-46(47)43-22-11-21-42(51(43)59)45-24-12-23-44-41-20-7-9-26-50(41)61-52(44)45/h1-32H. The number of rotatable bonds is 5. The molecule has 0 aliphatic carbocycles. The minimum absolute atomic E-state index is 0.582. The molecule has 5 nitrogen and oxygen atoms in total. The Balaban J connectivity index is 1.05. The Kier molecular flexibility index (Phi) is 7.41. The van der Waals surface area contributed by atoms with Gasteiger partial charge in [0, 0.05) is 75.2 Å². The summed E-state index contributed by atoms with van der Waals surface area (Å²) in [5, 5.41) is 9.54. The summed E-state index contributed by atoms with van der Waals surface area (Å²) >= 11 is 1.86. The van der Waals surface area contributed by atoms with Crippen LogP contribution in [-0.4, -0.2) is 19.5 Å². The van der Waals surface area contributed by atoms with Gasteiger partial charge < -0.3 is 8.98 Å². The van der Waals surface area contributed by atoms with Crippen molar-refractivity contribution in [3.8, 4) is 51.0 Å². The summed E-state index contributed by atoms with van der Waals surface area (Å²) < 4.78 is 11.3. The lowest BCUT2D eigenvalue weighted by atomic mass is 9.99. The van der Waals surface area contributed by atoms with Crippen LogP contribution in [0.25, 0.3) is 126 Å². The molecule has 0 amide bonds. The van der Waals surface area contributed by atoms with E-state index in [-0.39, 0.29) is 0 Å². The molecule has 0 radical (unpaired) electrons. The lowest BCUT2D eigenvalue weighted by molar-refractivity contribution is 0.669. The predicted molar refractivity (Wildman–Crippen MR) is 254 cm³/mol. The van der Waals surface area contributed by atoms with Crippen LogP contribution in [-0.2, 0) is 0 Å². The van der Waals surface area contributed by atoms with Crippen molar-refractivity contribution in [2.75, 3.05) is 0 Å². The summed E-state index contributed by atoms with van der Waals surface area (Å²) in [5.41, 5.74) is 10.1. The zero-order valence-corrected chi connectivity index (χ0v) is 33.4. The molecule has 4 aromatic heterocycles. The zero-order chi connectivity index (χ0) is 40.0. The molecule has 0 bridgehead atoms. The fraction of sp³-hybridized carbons (Fsp3) is 0. The highest BCUT2D eigenvalue weighted by atomic mass is 32.1. The highest BCUT2D eigenvalue weighted by Gasteiger charge is 2.21. The lowest BCUT2D eigenvalue weighted by Crippen LogP contribution is -2.01. The van der Waals surface area contributed by atoms with Crippen molar-refractivity contribution in [2.24, 2.45) is 0 Å². The van der Waals surface area contributed by atoms with Crippen LogP contribution >= 0.6 is 11.3 Å². The average Bonchev–Trinajstić information content (AvgIpc) is 4.00. The van der Waals surface area contributed by atoms with E-state index in [0.717, 1.165) is 55.3 Å². The van der Waals surface area contributed by atoms with Gasteiger partial charge in [0.2, 0.25) is 0 Å². The van der Waals surface area contributed by atoms with Gasteiger partial charge in [0.15, 0.2) is 17.5 Å². The summed E-state index contributed by atoms with van der Waals surface area (Å²) in [5.74, 6) is 1.79. The van der Waals surface area contributed by atoms with Crippen molar-refractivity contribution >= 4 is 86.0 Å². The highest BCUT2D eigenvalue weighted by molar-refractivity contribution is 7.26. The maximum absolute atomic E-state index is 6.31. The van der Waals surface area contributed by atoms with E-state index in [0.29, 0.717) is 17.5 Å². The van der Waals surface area contributed by atoms with E-state index in [9.17, 15) is 0 Å². The van der Waals surface area contributed by atoms with Crippen LogP contribution in [0.5, 0.6) is 0 Å². The Morgan fingerprint density at radius 1 is 0.393 bits per heavy atom. The molecule has 61 heavy (non-hydrogen) atoms. The van der Waals surface area contributed by atoms with Gasteiger partial charge >= 0.3 is 0 Å². The van der Waals surface area contributed by atoms with Crippen LogP contribution in [0.3, 0.4) is 0 Å². The van der Waals surface area contributed by atoms with Crippen molar-refractivity contribution in [3.05, 3.63) is 194 Å². The summed E-state index contributed by atoms with van der Waals surface area (Å²) in [6.07, 6.45) is 0. The van der Waals surface area contributed by atoms with Crippen molar-refractivity contribution in [1.82, 2.24) is 19.5 Å². The first-order valence-corrected chi connectivity index (χ1v) is 21.2. The molecule has 0 N–H and O–H groups in total. The fourth-order valence-electron chi connectivity index (χ4n) is 9.20. The summed E-state index contributed by atoms with van der Waals surface area (Å²) in [4.78, 5) is 15.4. The molecule has 284 valence electrons. The first kappa shape index (κ1) is 34.0. The lowest BCUT2D eigenvalue weighted by Gasteiger charge is -2.14. The van der Waals surface area contributed by atoms with Gasteiger partial charge in [-0.25, -0.2) is 15.0 Å². The number of benzene rings is 9. The predicted octanol–water partition coefficient (Wildman–Crippen LogP) is 15.1. The maximum atomic E-state index is 6.31. The topological polar surface area (TPSA) is 56.7 Å². The summed E-state index contributed by atoms with van der Waals surface area (Å²) in [7, 11) is 0. The Hall–Kier alpha value is -7.93. The van der Waals surface area contributed by atoms with Crippen LogP contribution in [0.1, 0.15) is 0 Å². The molecule has 0 unspecified atom stereocenters. The molecule has 6 heteroatoms. The Bertz CT molecular complexity index is 3900. The van der Waals surface area contributed by atoms with Gasteiger partial charge in [0.05, 0.1) is 11.0 Å². The molecule has 0 aliphatic rings. The van der Waals surface area contributed by atoms with E-state index in [1.807, 2.05) is 65.9 Å². The first-order valence-electron chi connectivity index (χ1n) is 20.4. The SMILES string of the molecule is c1ccc(-c2nc(-c3cccc(-n4c5cc6ccccc6cc5c5cccc(-c6cccc7c6sc6ccccc67)c54)c3)nc(-c3ccc4c(c3)oc3ccccc34)n2)cc1. The molecule has 0 aliphatic heterocycles. The molecule has 0 atom stereocenters. The second-order valence-electron chi connectivity index (χ2n) is 15.6. The smallest absolute Gasteiger partial charge is 0.164 e. The molecular weight excluding hydrogens is 765 g/mol. The molecular formula is C55H32N4OS. The van der Waals surface area contributed by atoms with Crippen LogP contribution in [0, 0.1) is 0 Å². The van der Waals surface area contributed by atoms with Gasteiger partial charge in [0.1, 0.15) is 11.2 Å². The maximum Gasteiger partial charge on any atom is 0.164 e. The number of hydrogen-bond donors (Lipinski definition) is 0. The first-order chi connectivity index (χ1) is 30.2. The number of para-hydroxylation sites is 2. The highest BCUT2D eigenvalue weighted by Crippen LogP contribution is 2.45. The molecule has 0 spiro atoms. The van der Waals surface area contributed by atoms with Gasteiger partial charge in [-0.3, -0.25) is 0 Å². The third kappa shape index (κ3) is 5.36. The Labute approximate surface area is 353 Å². The summed E-state index contributed by atoms with van der Waals surface area (Å²) in [6.45, 7) is 0. The normalized spacial score (nSPS) is 11.9. The second kappa shape index (κ2) is 13.3. The number of thiophene rings is 1. The number of furan rings is 1. The van der Waals surface area contributed by atoms with Crippen LogP contribution in [0.15, 0.2) is 199 Å². The van der Waals surface area contributed by atoms with Gasteiger partial charge in [0.25, 0.3) is 0 Å². The van der Waals surface area contributed by atoms with Crippen molar-refractivity contribution in [1.29, 1.82) is 0 Å². The second-order valence-corrected chi connectivity index (χ2v) is 16.6. The van der Waals surface area contributed by atoms with Gasteiger partial charge in [-0.1, -0.05) is 146 Å². The minimum Gasteiger partial charge on any atom is -0.456 e. The Morgan fingerprint density at radius 2 is 1.02 bits per heavy atom. The fourth-order valence-corrected chi connectivity index (χ4v) is 10.4.